The van der Waals surface area contributed by atoms with Gasteiger partial charge in [0.1, 0.15) is 0 Å². The Hall–Kier alpha value is -0.690. The molecule has 2 N–H and O–H groups in total. The van der Waals surface area contributed by atoms with Crippen molar-refractivity contribution in [3.8, 4) is 0 Å². The fourth-order valence-corrected chi connectivity index (χ4v) is 1.73. The van der Waals surface area contributed by atoms with Gasteiger partial charge in [-0.1, -0.05) is 27.7 Å². The van der Waals surface area contributed by atoms with Crippen LogP contribution in [-0.2, 0) is 19.0 Å². The summed E-state index contributed by atoms with van der Waals surface area (Å²) < 4.78 is 16.2. The Labute approximate surface area is 141 Å². The summed E-state index contributed by atoms with van der Waals surface area (Å²) in [7, 11) is 0. The number of ether oxygens (including phenoxy) is 3. The quantitative estimate of drug-likeness (QED) is 0.420. The van der Waals surface area contributed by atoms with Crippen molar-refractivity contribution in [3.05, 3.63) is 0 Å². The third kappa shape index (κ3) is 19.3. The molecule has 0 bridgehead atoms. The molecule has 0 aromatic rings. The molecule has 0 saturated heterocycles. The van der Waals surface area contributed by atoms with E-state index >= 15 is 0 Å². The highest BCUT2D eigenvalue weighted by molar-refractivity contribution is 5.75. The van der Waals surface area contributed by atoms with Gasteiger partial charge in [0.25, 0.3) is 0 Å². The molecule has 0 fully saturated rings. The summed E-state index contributed by atoms with van der Waals surface area (Å²) in [4.78, 5) is 11.5. The summed E-state index contributed by atoms with van der Waals surface area (Å²) >= 11 is 0. The normalized spacial score (nSPS) is 11.4. The number of amides is 1. The van der Waals surface area contributed by atoms with Crippen molar-refractivity contribution in [1.82, 2.24) is 10.6 Å². The van der Waals surface area contributed by atoms with Crippen LogP contribution in [0.5, 0.6) is 0 Å². The van der Waals surface area contributed by atoms with E-state index in [2.05, 4.69) is 38.3 Å². The first-order valence-corrected chi connectivity index (χ1v) is 8.75. The lowest BCUT2D eigenvalue weighted by atomic mass is 10.1. The van der Waals surface area contributed by atoms with E-state index in [4.69, 9.17) is 14.2 Å². The van der Waals surface area contributed by atoms with Gasteiger partial charge in [-0.2, -0.15) is 0 Å². The monoisotopic (exact) mass is 332 g/mol. The first-order chi connectivity index (χ1) is 11.0. The van der Waals surface area contributed by atoms with Crippen LogP contribution < -0.4 is 10.6 Å². The first kappa shape index (κ1) is 22.3. The second-order valence-corrected chi connectivity index (χ2v) is 6.23. The molecule has 0 radical (unpaired) electrons. The Morgan fingerprint density at radius 2 is 1.35 bits per heavy atom. The lowest BCUT2D eigenvalue weighted by Gasteiger charge is -2.09. The predicted octanol–water partition coefficient (Wildman–Crippen LogP) is 1.59. The van der Waals surface area contributed by atoms with Crippen molar-refractivity contribution in [1.29, 1.82) is 0 Å². The van der Waals surface area contributed by atoms with Crippen molar-refractivity contribution in [2.75, 3.05) is 52.7 Å². The number of hydrogen-bond acceptors (Lipinski definition) is 5. The Morgan fingerprint density at radius 3 is 1.87 bits per heavy atom. The summed E-state index contributed by atoms with van der Waals surface area (Å²) in [6, 6.07) is 0.493. The number of hydrogen-bond donors (Lipinski definition) is 2. The topological polar surface area (TPSA) is 68.8 Å². The predicted molar refractivity (Wildman–Crippen MR) is 92.7 cm³/mol. The lowest BCUT2D eigenvalue weighted by Crippen LogP contribution is -2.27. The maximum atomic E-state index is 11.5. The minimum absolute atomic E-state index is 0.0997. The summed E-state index contributed by atoms with van der Waals surface area (Å²) in [6.45, 7) is 13.4. The highest BCUT2D eigenvalue weighted by Gasteiger charge is 2.02. The number of carbonyl (C=O) groups excluding carboxylic acids is 1. The molecule has 0 rings (SSSR count). The lowest BCUT2D eigenvalue weighted by molar-refractivity contribution is -0.121. The molecule has 0 aliphatic carbocycles. The van der Waals surface area contributed by atoms with E-state index in [-0.39, 0.29) is 5.91 Å². The molecule has 0 aliphatic heterocycles. The molecule has 0 spiro atoms. The Balaban J connectivity index is 3.12. The second kappa shape index (κ2) is 16.2. The van der Waals surface area contributed by atoms with Crippen LogP contribution in [0.4, 0.5) is 0 Å². The van der Waals surface area contributed by atoms with Gasteiger partial charge in [-0.25, -0.2) is 0 Å². The third-order valence-corrected chi connectivity index (χ3v) is 3.06. The molecule has 0 aliphatic rings. The SMILES string of the molecule is CC(C)CCC(=O)NCCOCCOCCOCCNC(C)C. The van der Waals surface area contributed by atoms with Crippen molar-refractivity contribution < 1.29 is 19.0 Å². The fourth-order valence-electron chi connectivity index (χ4n) is 1.73. The van der Waals surface area contributed by atoms with E-state index in [0.717, 1.165) is 13.0 Å². The van der Waals surface area contributed by atoms with Crippen molar-refractivity contribution in [3.63, 3.8) is 0 Å². The van der Waals surface area contributed by atoms with Crippen molar-refractivity contribution >= 4 is 5.91 Å². The molecule has 1 amide bonds. The van der Waals surface area contributed by atoms with Crippen LogP contribution in [-0.4, -0.2) is 64.7 Å². The van der Waals surface area contributed by atoms with E-state index < -0.39 is 0 Å². The van der Waals surface area contributed by atoms with E-state index in [1.165, 1.54) is 0 Å². The molecule has 6 nitrogen and oxygen atoms in total. The minimum atomic E-state index is 0.0997. The molecular weight excluding hydrogens is 296 g/mol. The van der Waals surface area contributed by atoms with Crippen LogP contribution in [0.25, 0.3) is 0 Å². The average Bonchev–Trinajstić information content (AvgIpc) is 2.49. The van der Waals surface area contributed by atoms with Crippen LogP contribution in [0.2, 0.25) is 0 Å². The molecule has 0 unspecified atom stereocenters. The molecule has 0 saturated carbocycles. The zero-order valence-corrected chi connectivity index (χ0v) is 15.4. The Morgan fingerprint density at radius 1 is 0.826 bits per heavy atom. The van der Waals surface area contributed by atoms with Crippen LogP contribution >= 0.6 is 0 Å². The molecule has 0 aromatic carbocycles. The second-order valence-electron chi connectivity index (χ2n) is 6.23. The summed E-state index contributed by atoms with van der Waals surface area (Å²) in [6.07, 6.45) is 1.52. The van der Waals surface area contributed by atoms with Gasteiger partial charge in [0.15, 0.2) is 0 Å². The van der Waals surface area contributed by atoms with Crippen molar-refractivity contribution in [2.24, 2.45) is 5.92 Å². The van der Waals surface area contributed by atoms with Gasteiger partial charge in [0.05, 0.1) is 39.6 Å². The Bertz CT molecular complexity index is 273. The maximum Gasteiger partial charge on any atom is 0.220 e. The van der Waals surface area contributed by atoms with E-state index in [9.17, 15) is 4.79 Å². The summed E-state index contributed by atoms with van der Waals surface area (Å²) in [5.41, 5.74) is 0. The highest BCUT2D eigenvalue weighted by atomic mass is 16.5. The fraction of sp³-hybridized carbons (Fsp3) is 0.941. The zero-order valence-electron chi connectivity index (χ0n) is 15.4. The van der Waals surface area contributed by atoms with Gasteiger partial charge in [0, 0.05) is 25.6 Å². The molecular formula is C17H36N2O4. The molecule has 6 heteroatoms. The number of carbonyl (C=O) groups is 1. The smallest absolute Gasteiger partial charge is 0.220 e. The van der Waals surface area contributed by atoms with Crippen LogP contribution in [0.15, 0.2) is 0 Å². The van der Waals surface area contributed by atoms with Gasteiger partial charge in [-0.05, 0) is 12.3 Å². The summed E-state index contributed by atoms with van der Waals surface area (Å²) in [5, 5.41) is 6.13. The molecule has 0 heterocycles. The number of rotatable bonds is 16. The summed E-state index contributed by atoms with van der Waals surface area (Å²) in [5.74, 6) is 0.659. The van der Waals surface area contributed by atoms with E-state index in [1.807, 2.05) is 0 Å². The zero-order chi connectivity index (χ0) is 17.3. The molecule has 0 atom stereocenters. The highest BCUT2D eigenvalue weighted by Crippen LogP contribution is 2.02. The maximum absolute atomic E-state index is 11.5. The standard InChI is InChI=1S/C17H36N2O4/c1-15(2)5-6-17(20)19-8-10-22-12-14-23-13-11-21-9-7-18-16(3)4/h15-16,18H,5-14H2,1-4H3,(H,19,20). The van der Waals surface area contributed by atoms with Gasteiger partial charge in [-0.15, -0.1) is 0 Å². The third-order valence-electron chi connectivity index (χ3n) is 3.06. The van der Waals surface area contributed by atoms with Gasteiger partial charge >= 0.3 is 0 Å². The van der Waals surface area contributed by atoms with Gasteiger partial charge in [0.2, 0.25) is 5.91 Å². The molecule has 23 heavy (non-hydrogen) atoms. The van der Waals surface area contributed by atoms with Crippen molar-refractivity contribution in [2.45, 2.75) is 46.6 Å². The first-order valence-electron chi connectivity index (χ1n) is 8.75. The molecule has 138 valence electrons. The van der Waals surface area contributed by atoms with E-state index in [1.54, 1.807) is 0 Å². The van der Waals surface area contributed by atoms with E-state index in [0.29, 0.717) is 64.6 Å². The molecule has 0 aromatic heterocycles. The van der Waals surface area contributed by atoms with Crippen LogP contribution in [0, 0.1) is 5.92 Å². The van der Waals surface area contributed by atoms with Crippen LogP contribution in [0.3, 0.4) is 0 Å². The number of nitrogens with one attached hydrogen (secondary N) is 2. The van der Waals surface area contributed by atoms with Crippen LogP contribution in [0.1, 0.15) is 40.5 Å². The Kier molecular flexibility index (Phi) is 15.7. The van der Waals surface area contributed by atoms with Gasteiger partial charge in [-0.3, -0.25) is 4.79 Å². The average molecular weight is 332 g/mol. The van der Waals surface area contributed by atoms with Gasteiger partial charge < -0.3 is 24.8 Å². The largest absolute Gasteiger partial charge is 0.378 e. The minimum Gasteiger partial charge on any atom is -0.378 e.